The van der Waals surface area contributed by atoms with Crippen molar-refractivity contribution in [1.82, 2.24) is 4.90 Å². The molecule has 1 heterocycles. The van der Waals surface area contributed by atoms with Crippen LogP contribution in [-0.4, -0.2) is 34.4 Å². The number of carbonyl (C=O) groups excluding carboxylic acids is 2. The molecule has 1 aliphatic heterocycles. The molecule has 0 bridgehead atoms. The Kier molecular flexibility index (Phi) is 6.13. The molecule has 5 nitrogen and oxygen atoms in total. The average molecular weight is 419 g/mol. The van der Waals surface area contributed by atoms with Crippen molar-refractivity contribution in [3.63, 3.8) is 0 Å². The average Bonchev–Trinajstić information content (AvgIpc) is 3.18. The standard InChI is InChI=1S/C20H16F3N3O2S/c21-20(22,23)15-3-1-2-14(8-15)9-18(27)26-12-29-11-17(26)19(28)25-16-6-4-13(10-24)5-7-16/h1-8,17H,9,11-12H2,(H,25,28). The van der Waals surface area contributed by atoms with Gasteiger partial charge >= 0.3 is 6.18 Å². The molecule has 0 aliphatic carbocycles. The number of nitriles is 1. The van der Waals surface area contributed by atoms with E-state index in [1.165, 1.54) is 28.8 Å². The number of nitrogens with zero attached hydrogens (tertiary/aromatic N) is 2. The largest absolute Gasteiger partial charge is 0.416 e. The van der Waals surface area contributed by atoms with Gasteiger partial charge in [0.05, 0.1) is 29.5 Å². The van der Waals surface area contributed by atoms with Gasteiger partial charge in [-0.2, -0.15) is 18.4 Å². The molecule has 1 atom stereocenters. The molecular formula is C20H16F3N3O2S. The monoisotopic (exact) mass is 419 g/mol. The van der Waals surface area contributed by atoms with Gasteiger partial charge in [0, 0.05) is 11.4 Å². The SMILES string of the molecule is N#Cc1ccc(NC(=O)C2CSCN2C(=O)Cc2cccc(C(F)(F)F)c2)cc1. The van der Waals surface area contributed by atoms with Gasteiger partial charge in [-0.1, -0.05) is 18.2 Å². The third-order valence-electron chi connectivity index (χ3n) is 4.40. The van der Waals surface area contributed by atoms with Crippen molar-refractivity contribution in [3.8, 4) is 6.07 Å². The lowest BCUT2D eigenvalue weighted by Crippen LogP contribution is -2.45. The number of hydrogen-bond donors (Lipinski definition) is 1. The number of anilines is 1. The molecule has 0 radical (unpaired) electrons. The van der Waals surface area contributed by atoms with E-state index < -0.39 is 23.7 Å². The van der Waals surface area contributed by atoms with Crippen molar-refractivity contribution in [3.05, 3.63) is 65.2 Å². The highest BCUT2D eigenvalue weighted by Crippen LogP contribution is 2.30. The van der Waals surface area contributed by atoms with Crippen LogP contribution >= 0.6 is 11.8 Å². The topological polar surface area (TPSA) is 73.2 Å². The summed E-state index contributed by atoms with van der Waals surface area (Å²) in [5.74, 6) is -0.0916. The number of halogens is 3. The summed E-state index contributed by atoms with van der Waals surface area (Å²) in [6, 6.07) is 12.2. The van der Waals surface area contributed by atoms with E-state index in [9.17, 15) is 22.8 Å². The van der Waals surface area contributed by atoms with Crippen LogP contribution in [0, 0.1) is 11.3 Å². The first kappa shape index (κ1) is 20.7. The predicted octanol–water partition coefficient (Wildman–Crippen LogP) is 3.66. The molecule has 9 heteroatoms. The molecule has 150 valence electrons. The van der Waals surface area contributed by atoms with E-state index in [1.54, 1.807) is 24.3 Å². The Hall–Kier alpha value is -2.99. The maximum atomic E-state index is 12.9. The number of alkyl halides is 3. The highest BCUT2D eigenvalue weighted by Gasteiger charge is 2.35. The molecule has 1 N–H and O–H groups in total. The number of hydrogen-bond acceptors (Lipinski definition) is 4. The number of nitrogens with one attached hydrogen (secondary N) is 1. The zero-order valence-electron chi connectivity index (χ0n) is 15.1. The summed E-state index contributed by atoms with van der Waals surface area (Å²) in [6.45, 7) is 0. The van der Waals surface area contributed by atoms with Crippen LogP contribution in [0.3, 0.4) is 0 Å². The van der Waals surface area contributed by atoms with Gasteiger partial charge < -0.3 is 10.2 Å². The summed E-state index contributed by atoms with van der Waals surface area (Å²) in [5.41, 5.74) is 0.384. The van der Waals surface area contributed by atoms with E-state index in [0.717, 1.165) is 12.1 Å². The first-order valence-electron chi connectivity index (χ1n) is 8.62. The van der Waals surface area contributed by atoms with Gasteiger partial charge in [0.15, 0.2) is 0 Å². The highest BCUT2D eigenvalue weighted by molar-refractivity contribution is 7.99. The Bertz CT molecular complexity index is 955. The minimum absolute atomic E-state index is 0.217. The Morgan fingerprint density at radius 3 is 2.59 bits per heavy atom. The number of amides is 2. The van der Waals surface area contributed by atoms with E-state index >= 15 is 0 Å². The summed E-state index contributed by atoms with van der Waals surface area (Å²) in [4.78, 5) is 26.6. The van der Waals surface area contributed by atoms with E-state index in [0.29, 0.717) is 22.9 Å². The summed E-state index contributed by atoms with van der Waals surface area (Å²) in [6.07, 6.45) is -4.70. The fourth-order valence-electron chi connectivity index (χ4n) is 2.89. The second kappa shape index (κ2) is 8.57. The van der Waals surface area contributed by atoms with Crippen LogP contribution in [0.15, 0.2) is 48.5 Å². The van der Waals surface area contributed by atoms with Crippen LogP contribution in [0.4, 0.5) is 18.9 Å². The lowest BCUT2D eigenvalue weighted by Gasteiger charge is -2.23. The van der Waals surface area contributed by atoms with Gasteiger partial charge in [-0.05, 0) is 35.9 Å². The Morgan fingerprint density at radius 2 is 1.93 bits per heavy atom. The molecule has 0 spiro atoms. The maximum Gasteiger partial charge on any atom is 0.416 e. The Labute approximate surface area is 169 Å². The van der Waals surface area contributed by atoms with Crippen molar-refractivity contribution in [1.29, 1.82) is 5.26 Å². The molecule has 2 amide bonds. The highest BCUT2D eigenvalue weighted by atomic mass is 32.2. The quantitative estimate of drug-likeness (QED) is 0.821. The normalized spacial score (nSPS) is 16.3. The molecule has 0 aromatic heterocycles. The van der Waals surface area contributed by atoms with Crippen LogP contribution < -0.4 is 5.32 Å². The van der Waals surface area contributed by atoms with Crippen molar-refractivity contribution in [2.75, 3.05) is 16.9 Å². The zero-order chi connectivity index (χ0) is 21.0. The number of rotatable bonds is 4. The van der Waals surface area contributed by atoms with Gasteiger partial charge in [-0.3, -0.25) is 9.59 Å². The summed E-state index contributed by atoms with van der Waals surface area (Å²) in [7, 11) is 0. The fraction of sp³-hybridized carbons (Fsp3) is 0.250. The molecule has 2 aromatic carbocycles. The van der Waals surface area contributed by atoms with Gasteiger partial charge in [-0.25, -0.2) is 0 Å². The van der Waals surface area contributed by atoms with Crippen LogP contribution in [-0.2, 0) is 22.2 Å². The van der Waals surface area contributed by atoms with Gasteiger partial charge in [0.1, 0.15) is 6.04 Å². The molecular weight excluding hydrogens is 403 g/mol. The van der Waals surface area contributed by atoms with E-state index in [1.807, 2.05) is 6.07 Å². The molecule has 3 rings (SSSR count). The minimum atomic E-state index is -4.48. The number of thioether (sulfide) groups is 1. The van der Waals surface area contributed by atoms with E-state index in [4.69, 9.17) is 5.26 Å². The van der Waals surface area contributed by atoms with E-state index in [2.05, 4.69) is 5.32 Å². The third kappa shape index (κ3) is 5.09. The summed E-state index contributed by atoms with van der Waals surface area (Å²) in [5, 5.41) is 11.5. The molecule has 1 aliphatic rings. The summed E-state index contributed by atoms with van der Waals surface area (Å²) < 4.78 is 38.6. The predicted molar refractivity (Wildman–Crippen MR) is 103 cm³/mol. The Morgan fingerprint density at radius 1 is 1.21 bits per heavy atom. The van der Waals surface area contributed by atoms with Crippen molar-refractivity contribution < 1.29 is 22.8 Å². The van der Waals surface area contributed by atoms with Crippen molar-refractivity contribution in [2.24, 2.45) is 0 Å². The third-order valence-corrected chi connectivity index (χ3v) is 5.41. The molecule has 29 heavy (non-hydrogen) atoms. The van der Waals surface area contributed by atoms with Crippen LogP contribution in [0.5, 0.6) is 0 Å². The van der Waals surface area contributed by atoms with Crippen LogP contribution in [0.25, 0.3) is 0 Å². The lowest BCUT2D eigenvalue weighted by atomic mass is 10.1. The lowest BCUT2D eigenvalue weighted by molar-refractivity contribution is -0.138. The minimum Gasteiger partial charge on any atom is -0.324 e. The Balaban J connectivity index is 1.67. The zero-order valence-corrected chi connectivity index (χ0v) is 15.9. The molecule has 1 unspecified atom stereocenters. The maximum absolute atomic E-state index is 12.9. The first-order valence-corrected chi connectivity index (χ1v) is 9.78. The van der Waals surface area contributed by atoms with Gasteiger partial charge in [-0.15, -0.1) is 11.8 Å². The molecule has 1 fully saturated rings. The van der Waals surface area contributed by atoms with Crippen molar-refractivity contribution in [2.45, 2.75) is 18.6 Å². The van der Waals surface area contributed by atoms with Crippen molar-refractivity contribution >= 4 is 29.3 Å². The second-order valence-corrected chi connectivity index (χ2v) is 7.43. The van der Waals surface area contributed by atoms with E-state index in [-0.39, 0.29) is 17.9 Å². The summed E-state index contributed by atoms with van der Waals surface area (Å²) >= 11 is 1.40. The van der Waals surface area contributed by atoms with Gasteiger partial charge in [0.25, 0.3) is 0 Å². The molecule has 0 saturated carbocycles. The van der Waals surface area contributed by atoms with Gasteiger partial charge in [0.2, 0.25) is 11.8 Å². The fourth-order valence-corrected chi connectivity index (χ4v) is 4.07. The smallest absolute Gasteiger partial charge is 0.324 e. The van der Waals surface area contributed by atoms with Crippen LogP contribution in [0.2, 0.25) is 0 Å². The first-order chi connectivity index (χ1) is 13.8. The second-order valence-electron chi connectivity index (χ2n) is 6.43. The molecule has 1 saturated heterocycles. The number of carbonyl (C=O) groups is 2. The molecule has 2 aromatic rings. The van der Waals surface area contributed by atoms with Crippen LogP contribution in [0.1, 0.15) is 16.7 Å². The number of benzene rings is 2.